The van der Waals surface area contributed by atoms with Gasteiger partial charge in [0, 0.05) is 11.0 Å². The van der Waals surface area contributed by atoms with Crippen LogP contribution in [0.1, 0.15) is 44.5 Å². The van der Waals surface area contributed by atoms with Crippen LogP contribution in [-0.4, -0.2) is 5.78 Å². The maximum atomic E-state index is 11.1. The van der Waals surface area contributed by atoms with Crippen molar-refractivity contribution in [2.24, 2.45) is 5.41 Å². The minimum absolute atomic E-state index is 0.0284. The van der Waals surface area contributed by atoms with Crippen LogP contribution in [0.4, 0.5) is 0 Å². The summed E-state index contributed by atoms with van der Waals surface area (Å²) in [5.74, 6) is 3.77. The molecule has 0 bridgehead atoms. The number of ketones is 1. The Bertz CT molecular complexity index is 444. The van der Waals surface area contributed by atoms with Gasteiger partial charge in [0.15, 0.2) is 5.78 Å². The minimum atomic E-state index is -0.0284. The Morgan fingerprint density at radius 2 is 1.88 bits per heavy atom. The highest BCUT2D eigenvalue weighted by molar-refractivity contribution is 5.94. The standard InChI is InChI=1S/C15H18O2/c1-5-15(3,4)10-11-17-14-8-6-13(7-9-14)12(2)16/h6-9H,5H2,1-4H3. The zero-order valence-electron chi connectivity index (χ0n) is 10.8. The van der Waals surface area contributed by atoms with Crippen molar-refractivity contribution in [2.75, 3.05) is 0 Å². The van der Waals surface area contributed by atoms with Crippen LogP contribution in [-0.2, 0) is 0 Å². The van der Waals surface area contributed by atoms with Gasteiger partial charge in [-0.1, -0.05) is 12.8 Å². The molecule has 0 radical (unpaired) electrons. The lowest BCUT2D eigenvalue weighted by Crippen LogP contribution is -2.05. The van der Waals surface area contributed by atoms with Crippen LogP contribution < -0.4 is 4.74 Å². The second kappa shape index (κ2) is 5.54. The number of hydrogen-bond acceptors (Lipinski definition) is 2. The molecule has 0 aliphatic rings. The van der Waals surface area contributed by atoms with E-state index in [0.29, 0.717) is 11.3 Å². The van der Waals surface area contributed by atoms with Crippen molar-refractivity contribution < 1.29 is 9.53 Å². The van der Waals surface area contributed by atoms with Crippen molar-refractivity contribution in [1.82, 2.24) is 0 Å². The molecule has 0 heterocycles. The van der Waals surface area contributed by atoms with Crippen LogP contribution in [0.2, 0.25) is 0 Å². The Labute approximate surface area is 103 Å². The smallest absolute Gasteiger partial charge is 0.159 e. The van der Waals surface area contributed by atoms with Crippen LogP contribution in [0.25, 0.3) is 0 Å². The zero-order valence-corrected chi connectivity index (χ0v) is 10.8. The fourth-order valence-corrected chi connectivity index (χ4v) is 1.07. The SMILES string of the molecule is CCC(C)(C)C#COc1ccc(C(C)=O)cc1. The lowest BCUT2D eigenvalue weighted by atomic mass is 9.92. The maximum Gasteiger partial charge on any atom is 0.159 e. The highest BCUT2D eigenvalue weighted by atomic mass is 16.5. The van der Waals surface area contributed by atoms with Crippen LogP contribution in [0, 0.1) is 17.4 Å². The van der Waals surface area contributed by atoms with E-state index in [-0.39, 0.29) is 11.2 Å². The summed E-state index contributed by atoms with van der Waals surface area (Å²) < 4.78 is 5.31. The van der Waals surface area contributed by atoms with E-state index in [1.54, 1.807) is 31.2 Å². The van der Waals surface area contributed by atoms with Gasteiger partial charge >= 0.3 is 0 Å². The van der Waals surface area contributed by atoms with Gasteiger partial charge in [-0.3, -0.25) is 4.79 Å². The number of rotatable bonds is 3. The second-order valence-corrected chi connectivity index (χ2v) is 4.65. The molecule has 0 saturated carbocycles. The van der Waals surface area contributed by atoms with Gasteiger partial charge in [-0.2, -0.15) is 0 Å². The van der Waals surface area contributed by atoms with Gasteiger partial charge in [-0.25, -0.2) is 0 Å². The van der Waals surface area contributed by atoms with Crippen molar-refractivity contribution in [2.45, 2.75) is 34.1 Å². The van der Waals surface area contributed by atoms with Gasteiger partial charge in [0.25, 0.3) is 0 Å². The van der Waals surface area contributed by atoms with Gasteiger partial charge in [-0.05, 0) is 51.5 Å². The first kappa shape index (κ1) is 13.3. The van der Waals surface area contributed by atoms with E-state index in [9.17, 15) is 4.79 Å². The van der Waals surface area contributed by atoms with Gasteiger partial charge in [-0.15, -0.1) is 0 Å². The van der Waals surface area contributed by atoms with E-state index in [4.69, 9.17) is 4.74 Å². The summed E-state index contributed by atoms with van der Waals surface area (Å²) in [5, 5.41) is 0. The summed E-state index contributed by atoms with van der Waals surface area (Å²) >= 11 is 0. The molecular formula is C15H18O2. The summed E-state index contributed by atoms with van der Waals surface area (Å²) in [4.78, 5) is 11.1. The lowest BCUT2D eigenvalue weighted by Gasteiger charge is -2.12. The fraction of sp³-hybridized carbons (Fsp3) is 0.400. The monoisotopic (exact) mass is 230 g/mol. The third-order valence-corrected chi connectivity index (χ3v) is 2.70. The van der Waals surface area contributed by atoms with E-state index in [2.05, 4.69) is 32.8 Å². The number of hydrogen-bond donors (Lipinski definition) is 0. The quantitative estimate of drug-likeness (QED) is 0.585. The predicted molar refractivity (Wildman–Crippen MR) is 68.9 cm³/mol. The number of carbonyl (C=O) groups is 1. The van der Waals surface area contributed by atoms with Crippen molar-refractivity contribution in [1.29, 1.82) is 0 Å². The summed E-state index contributed by atoms with van der Waals surface area (Å²) in [6.45, 7) is 7.78. The molecule has 0 aliphatic heterocycles. The Morgan fingerprint density at radius 3 is 2.35 bits per heavy atom. The van der Waals surface area contributed by atoms with Gasteiger partial charge in [0.05, 0.1) is 0 Å². The van der Waals surface area contributed by atoms with Crippen molar-refractivity contribution >= 4 is 5.78 Å². The number of benzene rings is 1. The zero-order chi connectivity index (χ0) is 12.9. The molecule has 0 unspecified atom stereocenters. The molecule has 1 aromatic carbocycles. The highest BCUT2D eigenvalue weighted by Gasteiger charge is 2.10. The molecule has 2 nitrogen and oxygen atoms in total. The normalized spacial score (nSPS) is 10.4. The first-order valence-corrected chi connectivity index (χ1v) is 5.74. The largest absolute Gasteiger partial charge is 0.408 e. The minimum Gasteiger partial charge on any atom is -0.408 e. The van der Waals surface area contributed by atoms with Gasteiger partial charge in [0.1, 0.15) is 11.9 Å². The molecule has 0 spiro atoms. The third-order valence-electron chi connectivity index (χ3n) is 2.70. The summed E-state index contributed by atoms with van der Waals surface area (Å²) in [7, 11) is 0. The molecule has 1 aromatic rings. The molecule has 0 amide bonds. The average molecular weight is 230 g/mol. The summed E-state index contributed by atoms with van der Waals surface area (Å²) in [6, 6.07) is 6.99. The maximum absolute atomic E-state index is 11.1. The van der Waals surface area contributed by atoms with Crippen LogP contribution in [0.5, 0.6) is 5.75 Å². The van der Waals surface area contributed by atoms with Gasteiger partial charge in [0.2, 0.25) is 0 Å². The molecule has 17 heavy (non-hydrogen) atoms. The first-order chi connectivity index (χ1) is 7.94. The molecule has 0 N–H and O–H groups in total. The van der Waals surface area contributed by atoms with E-state index in [1.165, 1.54) is 0 Å². The van der Waals surface area contributed by atoms with E-state index >= 15 is 0 Å². The number of ether oxygens (including phenoxy) is 1. The van der Waals surface area contributed by atoms with Gasteiger partial charge < -0.3 is 4.74 Å². The molecule has 1 rings (SSSR count). The Morgan fingerprint density at radius 1 is 1.29 bits per heavy atom. The number of carbonyl (C=O) groups excluding carboxylic acids is 1. The number of Topliss-reactive ketones (excluding diaryl/α,β-unsaturated/α-hetero) is 1. The molecule has 0 saturated heterocycles. The first-order valence-electron chi connectivity index (χ1n) is 5.74. The Balaban J connectivity index is 2.68. The highest BCUT2D eigenvalue weighted by Crippen LogP contribution is 2.18. The third kappa shape index (κ3) is 4.32. The van der Waals surface area contributed by atoms with Crippen LogP contribution in [0.3, 0.4) is 0 Å². The van der Waals surface area contributed by atoms with Crippen LogP contribution >= 0.6 is 0 Å². The second-order valence-electron chi connectivity index (χ2n) is 4.65. The summed E-state index contributed by atoms with van der Waals surface area (Å²) in [6.07, 6.45) is 3.69. The topological polar surface area (TPSA) is 26.3 Å². The van der Waals surface area contributed by atoms with Crippen molar-refractivity contribution in [3.05, 3.63) is 29.8 Å². The molecule has 0 aromatic heterocycles. The molecular weight excluding hydrogens is 212 g/mol. The Hall–Kier alpha value is -1.75. The van der Waals surface area contributed by atoms with E-state index in [0.717, 1.165) is 6.42 Å². The van der Waals surface area contributed by atoms with Crippen molar-refractivity contribution in [3.8, 4) is 17.8 Å². The average Bonchev–Trinajstić information content (AvgIpc) is 2.29. The molecule has 0 atom stereocenters. The summed E-state index contributed by atoms with van der Waals surface area (Å²) in [5.41, 5.74) is 0.651. The fourth-order valence-electron chi connectivity index (χ4n) is 1.07. The molecule has 0 aliphatic carbocycles. The van der Waals surface area contributed by atoms with E-state index in [1.807, 2.05) is 0 Å². The predicted octanol–water partition coefficient (Wildman–Crippen LogP) is 3.67. The molecule has 90 valence electrons. The molecule has 0 fully saturated rings. The lowest BCUT2D eigenvalue weighted by molar-refractivity contribution is 0.101. The molecule has 2 heteroatoms. The van der Waals surface area contributed by atoms with Crippen LogP contribution in [0.15, 0.2) is 24.3 Å². The van der Waals surface area contributed by atoms with E-state index < -0.39 is 0 Å². The van der Waals surface area contributed by atoms with Crippen molar-refractivity contribution in [3.63, 3.8) is 0 Å². The Kier molecular flexibility index (Phi) is 4.34.